The monoisotopic (exact) mass is 410 g/mol. The quantitative estimate of drug-likeness (QED) is 0.479. The smallest absolute Gasteiger partial charge is 0.339 e. The highest BCUT2D eigenvalue weighted by Crippen LogP contribution is 2.29. The molecule has 2 aromatic rings. The van der Waals surface area contributed by atoms with Crippen molar-refractivity contribution in [1.82, 2.24) is 0 Å². The first-order chi connectivity index (χ1) is 13.0. The topological polar surface area (TPSA) is 82.4 Å². The molecule has 0 saturated carbocycles. The molecule has 2 rings (SSSR count). The predicted molar refractivity (Wildman–Crippen MR) is 109 cm³/mol. The van der Waals surface area contributed by atoms with Gasteiger partial charge in [-0.1, -0.05) is 6.07 Å². The average Bonchev–Trinajstić information content (AvgIpc) is 2.65. The van der Waals surface area contributed by atoms with E-state index in [1.807, 2.05) is 23.1 Å². The van der Waals surface area contributed by atoms with Crippen molar-refractivity contribution in [2.75, 3.05) is 36.9 Å². The molecule has 0 saturated heterocycles. The predicted octanol–water partition coefficient (Wildman–Crippen LogP) is 4.13. The van der Waals surface area contributed by atoms with Gasteiger partial charge in [-0.15, -0.1) is 23.2 Å². The molecular weight excluding hydrogens is 391 g/mol. The number of halogens is 2. The number of carboxylic acid groups (broad SMARTS) is 1. The third kappa shape index (κ3) is 5.52. The molecule has 0 aromatic heterocycles. The maximum atomic E-state index is 10.9. The van der Waals surface area contributed by atoms with Crippen LogP contribution in [0.15, 0.2) is 41.4 Å². The first-order valence-corrected chi connectivity index (χ1v) is 9.22. The van der Waals surface area contributed by atoms with Gasteiger partial charge in [0.1, 0.15) is 17.1 Å². The van der Waals surface area contributed by atoms with E-state index in [-0.39, 0.29) is 11.3 Å². The van der Waals surface area contributed by atoms with Crippen LogP contribution in [0.2, 0.25) is 0 Å². The second-order valence-corrected chi connectivity index (χ2v) is 6.32. The highest BCUT2D eigenvalue weighted by atomic mass is 35.5. The van der Waals surface area contributed by atoms with Gasteiger partial charge in [-0.2, -0.15) is 0 Å². The Morgan fingerprint density at radius 3 is 2.44 bits per heavy atom. The van der Waals surface area contributed by atoms with Crippen LogP contribution in [0.5, 0.6) is 11.5 Å². The summed E-state index contributed by atoms with van der Waals surface area (Å²) in [4.78, 5) is 17.2. The Bertz CT molecular complexity index is 821. The van der Waals surface area contributed by atoms with Gasteiger partial charge in [0.15, 0.2) is 0 Å². The molecule has 0 fully saturated rings. The second kappa shape index (κ2) is 10.0. The molecule has 0 spiro atoms. The van der Waals surface area contributed by atoms with Gasteiger partial charge < -0.3 is 19.8 Å². The van der Waals surface area contributed by atoms with Gasteiger partial charge in [0.2, 0.25) is 0 Å². The number of phenols is 1. The van der Waals surface area contributed by atoms with Crippen molar-refractivity contribution in [1.29, 1.82) is 0 Å². The van der Waals surface area contributed by atoms with E-state index >= 15 is 0 Å². The van der Waals surface area contributed by atoms with Crippen LogP contribution in [0.1, 0.15) is 15.9 Å². The molecule has 2 aromatic carbocycles. The Morgan fingerprint density at radius 2 is 1.89 bits per heavy atom. The number of benzene rings is 2. The SMILES string of the molecule is COc1cc(C=Nc2ccc(C(=O)O)c(O)c2)ccc1N(CCCl)CCCl. The van der Waals surface area contributed by atoms with E-state index < -0.39 is 5.97 Å². The zero-order valence-corrected chi connectivity index (χ0v) is 16.2. The fourth-order valence-electron chi connectivity index (χ4n) is 2.52. The van der Waals surface area contributed by atoms with Crippen LogP contribution in [0.25, 0.3) is 0 Å². The molecule has 0 aliphatic rings. The van der Waals surface area contributed by atoms with Gasteiger partial charge in [0.05, 0.1) is 18.5 Å². The third-order valence-corrected chi connectivity index (χ3v) is 4.17. The summed E-state index contributed by atoms with van der Waals surface area (Å²) in [5, 5.41) is 18.7. The van der Waals surface area contributed by atoms with Crippen LogP contribution >= 0.6 is 23.2 Å². The van der Waals surface area contributed by atoms with E-state index in [0.717, 1.165) is 11.3 Å². The van der Waals surface area contributed by atoms with E-state index in [9.17, 15) is 9.90 Å². The summed E-state index contributed by atoms with van der Waals surface area (Å²) < 4.78 is 5.48. The van der Waals surface area contributed by atoms with E-state index in [1.165, 1.54) is 18.2 Å². The van der Waals surface area contributed by atoms with Crippen LogP contribution < -0.4 is 9.64 Å². The number of alkyl halides is 2. The fraction of sp³-hybridized carbons (Fsp3) is 0.263. The van der Waals surface area contributed by atoms with E-state index in [2.05, 4.69) is 4.99 Å². The lowest BCUT2D eigenvalue weighted by Crippen LogP contribution is -2.28. The number of hydrogen-bond donors (Lipinski definition) is 2. The lowest BCUT2D eigenvalue weighted by molar-refractivity contribution is 0.0694. The van der Waals surface area contributed by atoms with Crippen LogP contribution in [0, 0.1) is 0 Å². The van der Waals surface area contributed by atoms with Gasteiger partial charge >= 0.3 is 5.97 Å². The largest absolute Gasteiger partial charge is 0.507 e. The van der Waals surface area contributed by atoms with Crippen molar-refractivity contribution in [2.24, 2.45) is 4.99 Å². The van der Waals surface area contributed by atoms with Gasteiger partial charge in [-0.05, 0) is 29.8 Å². The zero-order valence-electron chi connectivity index (χ0n) is 14.7. The van der Waals surface area contributed by atoms with Crippen molar-refractivity contribution >= 4 is 46.8 Å². The Labute approximate surface area is 167 Å². The highest BCUT2D eigenvalue weighted by molar-refractivity contribution is 6.18. The summed E-state index contributed by atoms with van der Waals surface area (Å²) in [5.74, 6) is 0.0842. The number of ether oxygens (including phenoxy) is 1. The summed E-state index contributed by atoms with van der Waals surface area (Å²) in [6, 6.07) is 9.75. The molecule has 0 heterocycles. The highest BCUT2D eigenvalue weighted by Gasteiger charge is 2.12. The molecule has 0 aliphatic heterocycles. The molecule has 0 amide bonds. The Hall–Kier alpha value is -2.44. The number of rotatable bonds is 9. The summed E-state index contributed by atoms with van der Waals surface area (Å²) in [6.07, 6.45) is 1.61. The lowest BCUT2D eigenvalue weighted by Gasteiger charge is -2.25. The fourth-order valence-corrected chi connectivity index (χ4v) is 2.93. The summed E-state index contributed by atoms with van der Waals surface area (Å²) >= 11 is 11.7. The molecule has 0 radical (unpaired) electrons. The molecule has 6 nitrogen and oxygen atoms in total. The minimum Gasteiger partial charge on any atom is -0.507 e. The normalized spacial score (nSPS) is 10.9. The molecule has 0 aliphatic carbocycles. The number of hydrogen-bond acceptors (Lipinski definition) is 5. The second-order valence-electron chi connectivity index (χ2n) is 5.56. The number of nitrogens with zero attached hydrogens (tertiary/aromatic N) is 2. The number of methoxy groups -OCH3 is 1. The first-order valence-electron chi connectivity index (χ1n) is 8.15. The Kier molecular flexibility index (Phi) is 7.76. The molecule has 0 unspecified atom stereocenters. The minimum atomic E-state index is -1.19. The number of aromatic hydroxyl groups is 1. The van der Waals surface area contributed by atoms with Gasteiger partial charge in [0.25, 0.3) is 0 Å². The zero-order chi connectivity index (χ0) is 19.8. The summed E-state index contributed by atoms with van der Waals surface area (Å²) in [7, 11) is 1.59. The summed E-state index contributed by atoms with van der Waals surface area (Å²) in [6.45, 7) is 1.29. The average molecular weight is 411 g/mol. The number of carbonyl (C=O) groups is 1. The van der Waals surface area contributed by atoms with E-state index in [1.54, 1.807) is 13.3 Å². The van der Waals surface area contributed by atoms with Crippen LogP contribution in [0.3, 0.4) is 0 Å². The Balaban J connectivity index is 2.25. The number of aromatic carboxylic acids is 1. The van der Waals surface area contributed by atoms with Crippen molar-refractivity contribution in [3.8, 4) is 11.5 Å². The number of carboxylic acids is 1. The number of aliphatic imine (C=N–C) groups is 1. The standard InChI is InChI=1S/C19H20Cl2N2O4/c1-27-18-10-13(2-5-16(18)23(8-6-20)9-7-21)12-22-14-3-4-15(19(25)26)17(24)11-14/h2-5,10-12,24H,6-9H2,1H3,(H,25,26). The van der Waals surface area contributed by atoms with Crippen molar-refractivity contribution in [3.05, 3.63) is 47.5 Å². The molecule has 0 bridgehead atoms. The molecule has 27 heavy (non-hydrogen) atoms. The van der Waals surface area contributed by atoms with Crippen molar-refractivity contribution in [2.45, 2.75) is 0 Å². The first kappa shape index (κ1) is 20.9. The van der Waals surface area contributed by atoms with E-state index in [0.29, 0.717) is 36.3 Å². The van der Waals surface area contributed by atoms with Gasteiger partial charge in [-0.3, -0.25) is 4.99 Å². The van der Waals surface area contributed by atoms with Crippen LogP contribution in [-0.4, -0.2) is 54.4 Å². The molecule has 2 N–H and O–H groups in total. The molecule has 0 atom stereocenters. The lowest BCUT2D eigenvalue weighted by atomic mass is 10.1. The maximum absolute atomic E-state index is 10.9. The van der Waals surface area contributed by atoms with Crippen molar-refractivity contribution < 1.29 is 19.7 Å². The molecule has 8 heteroatoms. The molecular formula is C19H20Cl2N2O4. The number of anilines is 1. The maximum Gasteiger partial charge on any atom is 0.339 e. The third-order valence-electron chi connectivity index (χ3n) is 3.83. The van der Waals surface area contributed by atoms with Gasteiger partial charge in [-0.25, -0.2) is 4.79 Å². The summed E-state index contributed by atoms with van der Waals surface area (Å²) in [5.41, 5.74) is 1.94. The molecule has 144 valence electrons. The van der Waals surface area contributed by atoms with Crippen LogP contribution in [-0.2, 0) is 0 Å². The van der Waals surface area contributed by atoms with Crippen LogP contribution in [0.4, 0.5) is 11.4 Å². The van der Waals surface area contributed by atoms with Gasteiger partial charge in [0, 0.05) is 37.1 Å². The Morgan fingerprint density at radius 1 is 1.19 bits per heavy atom. The minimum absolute atomic E-state index is 0.168. The van der Waals surface area contributed by atoms with Crippen molar-refractivity contribution in [3.63, 3.8) is 0 Å². The van der Waals surface area contributed by atoms with E-state index in [4.69, 9.17) is 33.0 Å².